The maximum atomic E-state index is 12.6. The molecule has 1 N–H and O–H groups in total. The van der Waals surface area contributed by atoms with Crippen molar-refractivity contribution >= 4 is 17.6 Å². The SMILES string of the molecule is CN(C)c1ccc(C(=O)N2Cc3ccc(C(=O)O)cc3C2)cc1. The molecule has 0 aliphatic carbocycles. The summed E-state index contributed by atoms with van der Waals surface area (Å²) in [6.07, 6.45) is 0. The van der Waals surface area contributed by atoms with Gasteiger partial charge in [0.05, 0.1) is 5.56 Å². The summed E-state index contributed by atoms with van der Waals surface area (Å²) in [7, 11) is 3.90. The summed E-state index contributed by atoms with van der Waals surface area (Å²) in [6, 6.07) is 12.5. The molecule has 0 unspecified atom stereocenters. The molecule has 3 rings (SSSR count). The summed E-state index contributed by atoms with van der Waals surface area (Å²) >= 11 is 0. The number of fused-ring (bicyclic) bond motifs is 1. The van der Waals surface area contributed by atoms with Crippen LogP contribution in [0, 0.1) is 0 Å². The van der Waals surface area contributed by atoms with E-state index >= 15 is 0 Å². The number of amides is 1. The molecule has 118 valence electrons. The lowest BCUT2D eigenvalue weighted by molar-refractivity contribution is 0.0696. The molecule has 2 aromatic rings. The number of benzene rings is 2. The van der Waals surface area contributed by atoms with Crippen molar-refractivity contribution in [3.05, 3.63) is 64.7 Å². The summed E-state index contributed by atoms with van der Waals surface area (Å²) in [6.45, 7) is 0.966. The monoisotopic (exact) mass is 310 g/mol. The molecule has 1 amide bonds. The Kier molecular flexibility index (Phi) is 3.78. The van der Waals surface area contributed by atoms with Gasteiger partial charge in [0.2, 0.25) is 0 Å². The highest BCUT2D eigenvalue weighted by atomic mass is 16.4. The van der Waals surface area contributed by atoms with Crippen molar-refractivity contribution in [2.45, 2.75) is 13.1 Å². The fourth-order valence-corrected chi connectivity index (χ4v) is 2.76. The van der Waals surface area contributed by atoms with E-state index in [2.05, 4.69) is 0 Å². The minimum absolute atomic E-state index is 0.0385. The van der Waals surface area contributed by atoms with E-state index in [0.29, 0.717) is 18.7 Å². The molecule has 0 fully saturated rings. The van der Waals surface area contributed by atoms with Crippen LogP contribution in [0.3, 0.4) is 0 Å². The van der Waals surface area contributed by atoms with Gasteiger partial charge < -0.3 is 14.9 Å². The summed E-state index contributed by atoms with van der Waals surface area (Å²) < 4.78 is 0. The molecule has 0 radical (unpaired) electrons. The van der Waals surface area contributed by atoms with Crippen LogP contribution >= 0.6 is 0 Å². The minimum Gasteiger partial charge on any atom is -0.478 e. The van der Waals surface area contributed by atoms with Crippen molar-refractivity contribution < 1.29 is 14.7 Å². The summed E-state index contributed by atoms with van der Waals surface area (Å²) in [5.41, 5.74) is 3.85. The van der Waals surface area contributed by atoms with E-state index in [9.17, 15) is 9.59 Å². The average Bonchev–Trinajstić information content (AvgIpc) is 2.97. The number of carboxylic acids is 1. The van der Waals surface area contributed by atoms with Gasteiger partial charge in [-0.3, -0.25) is 4.79 Å². The Hall–Kier alpha value is -2.82. The smallest absolute Gasteiger partial charge is 0.335 e. The highest BCUT2D eigenvalue weighted by Crippen LogP contribution is 2.26. The number of aromatic carboxylic acids is 1. The molecule has 1 aliphatic heterocycles. The molecule has 0 aromatic heterocycles. The van der Waals surface area contributed by atoms with Gasteiger partial charge in [-0.05, 0) is 47.5 Å². The molecule has 0 bridgehead atoms. The van der Waals surface area contributed by atoms with Gasteiger partial charge in [-0.15, -0.1) is 0 Å². The van der Waals surface area contributed by atoms with Crippen LogP contribution in [-0.2, 0) is 13.1 Å². The molecule has 0 saturated carbocycles. The number of hydrogen-bond acceptors (Lipinski definition) is 3. The van der Waals surface area contributed by atoms with Crippen molar-refractivity contribution in [1.29, 1.82) is 0 Å². The van der Waals surface area contributed by atoms with Gasteiger partial charge in [0, 0.05) is 38.4 Å². The van der Waals surface area contributed by atoms with Gasteiger partial charge in [0.1, 0.15) is 0 Å². The lowest BCUT2D eigenvalue weighted by atomic mass is 10.1. The average molecular weight is 310 g/mol. The molecular weight excluding hydrogens is 292 g/mol. The Morgan fingerprint density at radius 1 is 0.957 bits per heavy atom. The first-order valence-corrected chi connectivity index (χ1v) is 7.37. The maximum Gasteiger partial charge on any atom is 0.335 e. The van der Waals surface area contributed by atoms with Crippen molar-refractivity contribution in [2.24, 2.45) is 0 Å². The zero-order valence-corrected chi connectivity index (χ0v) is 13.1. The molecular formula is C18H18N2O3. The maximum absolute atomic E-state index is 12.6. The minimum atomic E-state index is -0.947. The summed E-state index contributed by atoms with van der Waals surface area (Å²) in [5.74, 6) is -0.986. The van der Waals surface area contributed by atoms with Gasteiger partial charge in [0.15, 0.2) is 0 Å². The van der Waals surface area contributed by atoms with Crippen molar-refractivity contribution in [1.82, 2.24) is 4.90 Å². The van der Waals surface area contributed by atoms with Gasteiger partial charge in [-0.2, -0.15) is 0 Å². The van der Waals surface area contributed by atoms with Gasteiger partial charge in [-0.25, -0.2) is 4.79 Å². The van der Waals surface area contributed by atoms with Crippen LogP contribution in [0.2, 0.25) is 0 Å². The van der Waals surface area contributed by atoms with E-state index < -0.39 is 5.97 Å². The van der Waals surface area contributed by atoms with Crippen molar-refractivity contribution in [3.8, 4) is 0 Å². The van der Waals surface area contributed by atoms with Crippen LogP contribution < -0.4 is 4.90 Å². The van der Waals surface area contributed by atoms with E-state index in [4.69, 9.17) is 5.11 Å². The number of carbonyl (C=O) groups excluding carboxylic acids is 1. The lowest BCUT2D eigenvalue weighted by Gasteiger charge is -2.17. The zero-order valence-electron chi connectivity index (χ0n) is 13.1. The number of carbonyl (C=O) groups is 2. The predicted molar refractivity (Wildman–Crippen MR) is 87.7 cm³/mol. The highest BCUT2D eigenvalue weighted by Gasteiger charge is 2.25. The van der Waals surface area contributed by atoms with Crippen LogP contribution in [-0.4, -0.2) is 36.0 Å². The number of nitrogens with zero attached hydrogens (tertiary/aromatic N) is 2. The van der Waals surface area contributed by atoms with Crippen LogP contribution in [0.25, 0.3) is 0 Å². The molecule has 5 heteroatoms. The van der Waals surface area contributed by atoms with E-state index in [1.165, 1.54) is 0 Å². The molecule has 1 aliphatic rings. The number of rotatable bonds is 3. The third-order valence-corrected chi connectivity index (χ3v) is 4.09. The third kappa shape index (κ3) is 2.90. The first kappa shape index (κ1) is 15.1. The molecule has 23 heavy (non-hydrogen) atoms. The Morgan fingerprint density at radius 2 is 1.57 bits per heavy atom. The Labute approximate surface area is 134 Å². The second-order valence-corrected chi connectivity index (χ2v) is 5.89. The molecule has 0 saturated heterocycles. The summed E-state index contributed by atoms with van der Waals surface area (Å²) in [5, 5.41) is 9.06. The molecule has 5 nitrogen and oxygen atoms in total. The van der Waals surface area contributed by atoms with Crippen LogP contribution in [0.1, 0.15) is 31.8 Å². The Balaban J connectivity index is 1.78. The van der Waals surface area contributed by atoms with Crippen molar-refractivity contribution in [2.75, 3.05) is 19.0 Å². The fourth-order valence-electron chi connectivity index (χ4n) is 2.76. The van der Waals surface area contributed by atoms with Gasteiger partial charge >= 0.3 is 5.97 Å². The topological polar surface area (TPSA) is 60.9 Å². The van der Waals surface area contributed by atoms with E-state index in [1.54, 1.807) is 23.1 Å². The predicted octanol–water partition coefficient (Wildman–Crippen LogP) is 2.61. The summed E-state index contributed by atoms with van der Waals surface area (Å²) in [4.78, 5) is 27.4. The fraction of sp³-hybridized carbons (Fsp3) is 0.222. The quantitative estimate of drug-likeness (QED) is 0.946. The zero-order chi connectivity index (χ0) is 16.6. The van der Waals surface area contributed by atoms with E-state index in [-0.39, 0.29) is 11.5 Å². The normalized spacial score (nSPS) is 12.9. The number of anilines is 1. The third-order valence-electron chi connectivity index (χ3n) is 4.09. The standard InChI is InChI=1S/C18H18N2O3/c1-19(2)16-7-5-12(6-8-16)17(21)20-10-14-4-3-13(18(22)23)9-15(14)11-20/h3-9H,10-11H2,1-2H3,(H,22,23). The van der Waals surface area contributed by atoms with Crippen LogP contribution in [0.5, 0.6) is 0 Å². The second-order valence-electron chi connectivity index (χ2n) is 5.89. The lowest BCUT2D eigenvalue weighted by Crippen LogP contribution is -2.25. The van der Waals surface area contributed by atoms with Gasteiger partial charge in [-0.1, -0.05) is 6.07 Å². The first-order valence-electron chi connectivity index (χ1n) is 7.37. The molecule has 0 spiro atoms. The highest BCUT2D eigenvalue weighted by molar-refractivity contribution is 5.95. The Bertz CT molecular complexity index is 766. The van der Waals surface area contributed by atoms with Crippen LogP contribution in [0.15, 0.2) is 42.5 Å². The van der Waals surface area contributed by atoms with Crippen molar-refractivity contribution in [3.63, 3.8) is 0 Å². The molecule has 0 atom stereocenters. The van der Waals surface area contributed by atoms with E-state index in [1.807, 2.05) is 43.3 Å². The number of carboxylic acid groups (broad SMARTS) is 1. The first-order chi connectivity index (χ1) is 11.0. The molecule has 2 aromatic carbocycles. The van der Waals surface area contributed by atoms with E-state index in [0.717, 1.165) is 16.8 Å². The molecule has 1 heterocycles. The van der Waals surface area contributed by atoms with Gasteiger partial charge in [0.25, 0.3) is 5.91 Å². The number of hydrogen-bond donors (Lipinski definition) is 1. The largest absolute Gasteiger partial charge is 0.478 e. The Morgan fingerprint density at radius 3 is 2.17 bits per heavy atom. The second kappa shape index (κ2) is 5.76. The van der Waals surface area contributed by atoms with Crippen LogP contribution in [0.4, 0.5) is 5.69 Å².